The zero-order valence-electron chi connectivity index (χ0n) is 23.9. The normalized spacial score (nSPS) is 12.0. The van der Waals surface area contributed by atoms with Gasteiger partial charge >= 0.3 is 0 Å². The summed E-state index contributed by atoms with van der Waals surface area (Å²) < 4.78 is 29.8. The first kappa shape index (κ1) is 32.3. The zero-order chi connectivity index (χ0) is 31.0. The first-order chi connectivity index (χ1) is 20.6. The van der Waals surface area contributed by atoms with Gasteiger partial charge < -0.3 is 10.2 Å². The van der Waals surface area contributed by atoms with E-state index < -0.39 is 28.5 Å². The van der Waals surface area contributed by atoms with Crippen molar-refractivity contribution in [2.75, 3.05) is 10.8 Å². The maximum absolute atomic E-state index is 14.4. The van der Waals surface area contributed by atoms with Gasteiger partial charge in [-0.15, -0.1) is 0 Å². The summed E-state index contributed by atoms with van der Waals surface area (Å²) in [4.78, 5) is 29.6. The van der Waals surface area contributed by atoms with E-state index in [4.69, 9.17) is 11.6 Å². The largest absolute Gasteiger partial charge is 0.352 e. The number of amides is 2. The number of nitrogens with one attached hydrogen (secondary N) is 1. The summed E-state index contributed by atoms with van der Waals surface area (Å²) in [5, 5.41) is 3.38. The summed E-state index contributed by atoms with van der Waals surface area (Å²) in [5.41, 5.74) is 1.79. The molecule has 0 aliphatic carbocycles. The minimum Gasteiger partial charge on any atom is -0.352 e. The number of carbonyl (C=O) groups excluding carboxylic acids is 2. The molecule has 0 fully saturated rings. The Labute approximate surface area is 266 Å². The van der Waals surface area contributed by atoms with Crippen LogP contribution in [0.5, 0.6) is 0 Å². The minimum absolute atomic E-state index is 0.00108. The van der Waals surface area contributed by atoms with E-state index in [0.29, 0.717) is 16.3 Å². The molecule has 0 aliphatic heterocycles. The van der Waals surface area contributed by atoms with Gasteiger partial charge in [-0.2, -0.15) is 0 Å². The summed E-state index contributed by atoms with van der Waals surface area (Å²) in [7, 11) is -4.16. The Hall–Kier alpha value is -3.66. The van der Waals surface area contributed by atoms with Gasteiger partial charge in [0.05, 0.1) is 10.6 Å². The van der Waals surface area contributed by atoms with Crippen LogP contribution in [0.3, 0.4) is 0 Å². The monoisotopic (exact) mass is 681 g/mol. The standard InChI is InChI=1S/C33H33BrClN3O4S/c1-24(2)36-33(40)31(21-25-11-5-3-6-12-25)37(22-26-13-9-10-16-30(26)35)32(39)23-38(28-19-17-27(34)18-20-28)43(41,42)29-14-7-4-8-15-29/h3-20,24,31H,21-23H2,1-2H3,(H,36,40)/t31-/m1/s1. The van der Waals surface area contributed by atoms with Crippen molar-refractivity contribution in [2.45, 2.75) is 43.8 Å². The summed E-state index contributed by atoms with van der Waals surface area (Å²) in [6.07, 6.45) is 0.222. The average molecular weight is 683 g/mol. The summed E-state index contributed by atoms with van der Waals surface area (Å²) >= 11 is 9.92. The first-order valence-electron chi connectivity index (χ1n) is 13.8. The van der Waals surface area contributed by atoms with E-state index in [1.165, 1.54) is 17.0 Å². The van der Waals surface area contributed by atoms with E-state index >= 15 is 0 Å². The van der Waals surface area contributed by atoms with Crippen molar-refractivity contribution >= 4 is 55.1 Å². The third-order valence-electron chi connectivity index (χ3n) is 6.73. The molecule has 10 heteroatoms. The van der Waals surface area contributed by atoms with Crippen LogP contribution in [-0.2, 0) is 32.6 Å². The van der Waals surface area contributed by atoms with E-state index in [9.17, 15) is 18.0 Å². The molecular formula is C33H33BrClN3O4S. The second-order valence-electron chi connectivity index (χ2n) is 10.3. The SMILES string of the molecule is CC(C)NC(=O)[C@@H](Cc1ccccc1)N(Cc1ccccc1Cl)C(=O)CN(c1ccc(Br)cc1)S(=O)(=O)c1ccccc1. The Kier molecular flexibility index (Phi) is 11.0. The number of halogens is 2. The van der Waals surface area contributed by atoms with Crippen LogP contribution in [0.4, 0.5) is 5.69 Å². The van der Waals surface area contributed by atoms with Crippen LogP contribution < -0.4 is 9.62 Å². The third kappa shape index (κ3) is 8.46. The molecule has 4 aromatic rings. The van der Waals surface area contributed by atoms with Crippen molar-refractivity contribution in [1.29, 1.82) is 0 Å². The Morgan fingerprint density at radius 1 is 0.837 bits per heavy atom. The Balaban J connectivity index is 1.80. The number of sulfonamides is 1. The quantitative estimate of drug-likeness (QED) is 0.186. The average Bonchev–Trinajstić information content (AvgIpc) is 2.99. The van der Waals surface area contributed by atoms with Gasteiger partial charge in [0.2, 0.25) is 11.8 Å². The maximum Gasteiger partial charge on any atom is 0.264 e. The Bertz CT molecular complexity index is 1640. The van der Waals surface area contributed by atoms with Gasteiger partial charge in [-0.25, -0.2) is 8.42 Å². The highest BCUT2D eigenvalue weighted by Crippen LogP contribution is 2.27. The fourth-order valence-electron chi connectivity index (χ4n) is 4.60. The van der Waals surface area contributed by atoms with E-state index in [-0.39, 0.29) is 29.8 Å². The second kappa shape index (κ2) is 14.7. The molecule has 7 nitrogen and oxygen atoms in total. The number of benzene rings is 4. The number of hydrogen-bond donors (Lipinski definition) is 1. The van der Waals surface area contributed by atoms with Gasteiger partial charge in [0.15, 0.2) is 0 Å². The second-order valence-corrected chi connectivity index (χ2v) is 13.5. The fourth-order valence-corrected chi connectivity index (χ4v) is 6.50. The molecule has 4 aromatic carbocycles. The van der Waals surface area contributed by atoms with Crippen LogP contribution in [0.25, 0.3) is 0 Å². The molecule has 43 heavy (non-hydrogen) atoms. The van der Waals surface area contributed by atoms with Crippen molar-refractivity contribution in [3.05, 3.63) is 130 Å². The highest BCUT2D eigenvalue weighted by atomic mass is 79.9. The lowest BCUT2D eigenvalue weighted by atomic mass is 10.0. The summed E-state index contributed by atoms with van der Waals surface area (Å²) in [6.45, 7) is 3.16. The molecule has 0 aromatic heterocycles. The molecule has 0 radical (unpaired) electrons. The van der Waals surface area contributed by atoms with Crippen LogP contribution in [0, 0.1) is 0 Å². The molecule has 0 spiro atoms. The molecule has 0 bridgehead atoms. The number of carbonyl (C=O) groups is 2. The molecule has 4 rings (SSSR count). The molecule has 0 saturated carbocycles. The lowest BCUT2D eigenvalue weighted by Gasteiger charge is -2.34. The van der Waals surface area contributed by atoms with Gasteiger partial charge in [-0.05, 0) is 67.4 Å². The van der Waals surface area contributed by atoms with Gasteiger partial charge in [-0.1, -0.05) is 94.3 Å². The van der Waals surface area contributed by atoms with E-state index in [2.05, 4.69) is 21.2 Å². The van der Waals surface area contributed by atoms with Gasteiger partial charge in [0.1, 0.15) is 12.6 Å². The van der Waals surface area contributed by atoms with E-state index in [1.807, 2.05) is 44.2 Å². The van der Waals surface area contributed by atoms with Crippen LogP contribution in [-0.4, -0.2) is 43.8 Å². The number of hydrogen-bond acceptors (Lipinski definition) is 4. The Morgan fingerprint density at radius 3 is 2.02 bits per heavy atom. The van der Waals surface area contributed by atoms with Crippen LogP contribution >= 0.6 is 27.5 Å². The predicted molar refractivity (Wildman–Crippen MR) is 174 cm³/mol. The maximum atomic E-state index is 14.4. The highest BCUT2D eigenvalue weighted by Gasteiger charge is 2.35. The van der Waals surface area contributed by atoms with Crippen molar-refractivity contribution in [3.8, 4) is 0 Å². The Morgan fingerprint density at radius 2 is 1.42 bits per heavy atom. The van der Waals surface area contributed by atoms with Crippen LogP contribution in [0.15, 0.2) is 119 Å². The molecule has 0 aliphatic rings. The van der Waals surface area contributed by atoms with Crippen molar-refractivity contribution in [1.82, 2.24) is 10.2 Å². The predicted octanol–water partition coefficient (Wildman–Crippen LogP) is 6.46. The molecule has 2 amide bonds. The minimum atomic E-state index is -4.16. The lowest BCUT2D eigenvalue weighted by molar-refractivity contribution is -0.140. The third-order valence-corrected chi connectivity index (χ3v) is 9.41. The van der Waals surface area contributed by atoms with Gasteiger partial charge in [-0.3, -0.25) is 13.9 Å². The van der Waals surface area contributed by atoms with Gasteiger partial charge in [0, 0.05) is 28.5 Å². The zero-order valence-corrected chi connectivity index (χ0v) is 27.0. The van der Waals surface area contributed by atoms with Gasteiger partial charge in [0.25, 0.3) is 10.0 Å². The van der Waals surface area contributed by atoms with Crippen molar-refractivity contribution < 1.29 is 18.0 Å². The topological polar surface area (TPSA) is 86.8 Å². The molecule has 1 N–H and O–H groups in total. The number of rotatable bonds is 12. The summed E-state index contributed by atoms with van der Waals surface area (Å²) in [6, 6.07) is 30.0. The fraction of sp³-hybridized carbons (Fsp3) is 0.212. The molecule has 0 saturated heterocycles. The molecule has 224 valence electrons. The van der Waals surface area contributed by atoms with Crippen molar-refractivity contribution in [3.63, 3.8) is 0 Å². The van der Waals surface area contributed by atoms with Crippen LogP contribution in [0.1, 0.15) is 25.0 Å². The molecule has 1 atom stereocenters. The lowest BCUT2D eigenvalue weighted by Crippen LogP contribution is -2.54. The first-order valence-corrected chi connectivity index (χ1v) is 16.4. The van der Waals surface area contributed by atoms with Crippen LogP contribution in [0.2, 0.25) is 5.02 Å². The smallest absolute Gasteiger partial charge is 0.264 e. The molecule has 0 unspecified atom stereocenters. The summed E-state index contributed by atoms with van der Waals surface area (Å²) in [5.74, 6) is -0.900. The number of nitrogens with zero attached hydrogens (tertiary/aromatic N) is 2. The number of anilines is 1. The molecular weight excluding hydrogens is 650 g/mol. The van der Waals surface area contributed by atoms with E-state index in [0.717, 1.165) is 14.3 Å². The molecule has 0 heterocycles. The van der Waals surface area contributed by atoms with Crippen molar-refractivity contribution in [2.24, 2.45) is 0 Å². The van der Waals surface area contributed by atoms with E-state index in [1.54, 1.807) is 66.7 Å². The highest BCUT2D eigenvalue weighted by molar-refractivity contribution is 9.10.